The van der Waals surface area contributed by atoms with Crippen LogP contribution < -0.4 is 10.6 Å². The van der Waals surface area contributed by atoms with E-state index >= 15 is 0 Å². The van der Waals surface area contributed by atoms with Gasteiger partial charge in [0, 0.05) is 11.5 Å². The molecule has 2 N–H and O–H groups in total. The lowest BCUT2D eigenvalue weighted by Gasteiger charge is -2.34. The topological polar surface area (TPSA) is 41.1 Å². The van der Waals surface area contributed by atoms with Crippen LogP contribution in [-0.4, -0.2) is 24.5 Å². The van der Waals surface area contributed by atoms with Crippen molar-refractivity contribution in [3.05, 3.63) is 0 Å². The SMILES string of the molecule is CC(C(=O)NC(C)(C)C1CC1)C1CNC1. The molecule has 1 unspecified atom stereocenters. The van der Waals surface area contributed by atoms with Gasteiger partial charge in [0.2, 0.25) is 5.91 Å². The molecule has 1 aliphatic carbocycles. The second-order valence-electron chi connectivity index (χ2n) is 5.69. The molecule has 2 aliphatic rings. The summed E-state index contributed by atoms with van der Waals surface area (Å²) in [6, 6.07) is 0. The molecule has 1 amide bonds. The summed E-state index contributed by atoms with van der Waals surface area (Å²) in [7, 11) is 0. The molecule has 0 bridgehead atoms. The largest absolute Gasteiger partial charge is 0.351 e. The van der Waals surface area contributed by atoms with Crippen molar-refractivity contribution in [1.29, 1.82) is 0 Å². The van der Waals surface area contributed by atoms with Gasteiger partial charge >= 0.3 is 0 Å². The third kappa shape index (κ3) is 2.33. The third-order valence-corrected chi connectivity index (χ3v) is 3.98. The third-order valence-electron chi connectivity index (χ3n) is 3.98. The Hall–Kier alpha value is -0.570. The smallest absolute Gasteiger partial charge is 0.223 e. The van der Waals surface area contributed by atoms with Crippen LogP contribution in [0.3, 0.4) is 0 Å². The van der Waals surface area contributed by atoms with Gasteiger partial charge in [-0.05, 0) is 51.6 Å². The summed E-state index contributed by atoms with van der Waals surface area (Å²) in [5, 5.41) is 6.42. The zero-order valence-corrected chi connectivity index (χ0v) is 9.97. The zero-order chi connectivity index (χ0) is 11.1. The normalized spacial score (nSPS) is 24.5. The van der Waals surface area contributed by atoms with Crippen molar-refractivity contribution in [3.8, 4) is 0 Å². The second-order valence-corrected chi connectivity index (χ2v) is 5.69. The fraction of sp³-hybridized carbons (Fsp3) is 0.917. The molecule has 0 aromatic heterocycles. The van der Waals surface area contributed by atoms with Gasteiger partial charge in [-0.2, -0.15) is 0 Å². The van der Waals surface area contributed by atoms with E-state index in [-0.39, 0.29) is 17.4 Å². The summed E-state index contributed by atoms with van der Waals surface area (Å²) < 4.78 is 0. The highest BCUT2D eigenvalue weighted by atomic mass is 16.2. The van der Waals surface area contributed by atoms with Crippen LogP contribution in [0.1, 0.15) is 33.6 Å². The van der Waals surface area contributed by atoms with E-state index < -0.39 is 0 Å². The van der Waals surface area contributed by atoms with Gasteiger partial charge in [0.1, 0.15) is 0 Å². The zero-order valence-electron chi connectivity index (χ0n) is 9.97. The highest BCUT2D eigenvalue weighted by molar-refractivity contribution is 5.79. The van der Waals surface area contributed by atoms with Gasteiger partial charge < -0.3 is 10.6 Å². The fourth-order valence-corrected chi connectivity index (χ4v) is 2.22. The van der Waals surface area contributed by atoms with E-state index in [0.717, 1.165) is 13.1 Å². The number of nitrogens with one attached hydrogen (secondary N) is 2. The van der Waals surface area contributed by atoms with Crippen LogP contribution in [0.2, 0.25) is 0 Å². The van der Waals surface area contributed by atoms with E-state index in [1.54, 1.807) is 0 Å². The standard InChI is InChI=1S/C12H22N2O/c1-8(9-6-13-7-9)11(15)14-12(2,3)10-4-5-10/h8-10,13H,4-7H2,1-3H3,(H,14,15). The van der Waals surface area contributed by atoms with Crippen molar-refractivity contribution in [2.75, 3.05) is 13.1 Å². The predicted octanol–water partition coefficient (Wildman–Crippen LogP) is 1.15. The van der Waals surface area contributed by atoms with Crippen LogP contribution in [0.25, 0.3) is 0 Å². The highest BCUT2D eigenvalue weighted by Crippen LogP contribution is 2.39. The summed E-state index contributed by atoms with van der Waals surface area (Å²) in [6.07, 6.45) is 2.54. The number of hydrogen-bond donors (Lipinski definition) is 2. The molecule has 1 aliphatic heterocycles. The monoisotopic (exact) mass is 210 g/mol. The van der Waals surface area contributed by atoms with E-state index in [0.29, 0.717) is 11.8 Å². The molecule has 0 radical (unpaired) electrons. The van der Waals surface area contributed by atoms with Gasteiger partial charge in [-0.15, -0.1) is 0 Å². The Bertz CT molecular complexity index is 254. The van der Waals surface area contributed by atoms with Crippen molar-refractivity contribution in [1.82, 2.24) is 10.6 Å². The van der Waals surface area contributed by atoms with E-state index in [9.17, 15) is 4.79 Å². The molecular formula is C12H22N2O. The number of carbonyl (C=O) groups is 1. The van der Waals surface area contributed by atoms with Crippen LogP contribution in [0, 0.1) is 17.8 Å². The lowest BCUT2D eigenvalue weighted by Crippen LogP contribution is -2.53. The Balaban J connectivity index is 1.84. The van der Waals surface area contributed by atoms with Gasteiger partial charge in [0.05, 0.1) is 0 Å². The van der Waals surface area contributed by atoms with Crippen molar-refractivity contribution >= 4 is 5.91 Å². The van der Waals surface area contributed by atoms with Crippen LogP contribution in [0.5, 0.6) is 0 Å². The molecule has 3 heteroatoms. The highest BCUT2D eigenvalue weighted by Gasteiger charge is 2.40. The Morgan fingerprint density at radius 1 is 1.40 bits per heavy atom. The van der Waals surface area contributed by atoms with Gasteiger partial charge in [0.15, 0.2) is 0 Å². The lowest BCUT2D eigenvalue weighted by atomic mass is 9.87. The Kier molecular flexibility index (Phi) is 2.75. The first kappa shape index (κ1) is 10.9. The molecule has 1 saturated carbocycles. The fourth-order valence-electron chi connectivity index (χ4n) is 2.22. The maximum Gasteiger partial charge on any atom is 0.223 e. The quantitative estimate of drug-likeness (QED) is 0.731. The van der Waals surface area contributed by atoms with Crippen molar-refractivity contribution in [2.45, 2.75) is 39.2 Å². The first-order valence-corrected chi connectivity index (χ1v) is 6.03. The minimum Gasteiger partial charge on any atom is -0.351 e. The Morgan fingerprint density at radius 2 is 2.00 bits per heavy atom. The molecule has 1 heterocycles. The van der Waals surface area contributed by atoms with Gasteiger partial charge in [0.25, 0.3) is 0 Å². The summed E-state index contributed by atoms with van der Waals surface area (Å²) in [5.74, 6) is 1.64. The van der Waals surface area contributed by atoms with E-state index in [2.05, 4.69) is 24.5 Å². The van der Waals surface area contributed by atoms with Crippen LogP contribution >= 0.6 is 0 Å². The minimum absolute atomic E-state index is 0.00250. The number of hydrogen-bond acceptors (Lipinski definition) is 2. The summed E-state index contributed by atoms with van der Waals surface area (Å²) >= 11 is 0. The van der Waals surface area contributed by atoms with Gasteiger partial charge in [-0.25, -0.2) is 0 Å². The van der Waals surface area contributed by atoms with Crippen LogP contribution in [0.15, 0.2) is 0 Å². The molecule has 0 spiro atoms. The molecule has 15 heavy (non-hydrogen) atoms. The first-order chi connectivity index (χ1) is 7.00. The Labute approximate surface area is 92.0 Å². The van der Waals surface area contributed by atoms with Crippen molar-refractivity contribution < 1.29 is 4.79 Å². The Morgan fingerprint density at radius 3 is 2.40 bits per heavy atom. The predicted molar refractivity (Wildman–Crippen MR) is 60.5 cm³/mol. The maximum absolute atomic E-state index is 12.0. The summed E-state index contributed by atoms with van der Waals surface area (Å²) in [6.45, 7) is 8.34. The second kappa shape index (κ2) is 3.78. The molecule has 1 atom stereocenters. The number of carbonyl (C=O) groups excluding carboxylic acids is 1. The molecular weight excluding hydrogens is 188 g/mol. The van der Waals surface area contributed by atoms with E-state index in [1.165, 1.54) is 12.8 Å². The lowest BCUT2D eigenvalue weighted by molar-refractivity contribution is -0.128. The van der Waals surface area contributed by atoms with Crippen LogP contribution in [-0.2, 0) is 4.79 Å². The van der Waals surface area contributed by atoms with Gasteiger partial charge in [-0.3, -0.25) is 4.79 Å². The average molecular weight is 210 g/mol. The summed E-state index contributed by atoms with van der Waals surface area (Å²) in [4.78, 5) is 12.0. The summed E-state index contributed by atoms with van der Waals surface area (Å²) in [5.41, 5.74) is 0.00250. The maximum atomic E-state index is 12.0. The van der Waals surface area contributed by atoms with E-state index in [1.807, 2.05) is 6.92 Å². The molecule has 0 aromatic rings. The van der Waals surface area contributed by atoms with E-state index in [4.69, 9.17) is 0 Å². The molecule has 3 nitrogen and oxygen atoms in total. The molecule has 2 fully saturated rings. The van der Waals surface area contributed by atoms with Crippen molar-refractivity contribution in [2.24, 2.45) is 17.8 Å². The minimum atomic E-state index is 0.00250. The van der Waals surface area contributed by atoms with Crippen molar-refractivity contribution in [3.63, 3.8) is 0 Å². The number of rotatable bonds is 4. The first-order valence-electron chi connectivity index (χ1n) is 6.03. The molecule has 86 valence electrons. The van der Waals surface area contributed by atoms with Gasteiger partial charge in [-0.1, -0.05) is 6.92 Å². The molecule has 2 rings (SSSR count). The number of amides is 1. The molecule has 0 aromatic carbocycles. The van der Waals surface area contributed by atoms with Crippen LogP contribution in [0.4, 0.5) is 0 Å². The average Bonchev–Trinajstić information content (AvgIpc) is 2.81. The molecule has 1 saturated heterocycles.